The molecular weight excluding hydrogens is 666 g/mol. The number of unbranched alkanes of at least 4 members (excludes halogenated alkanes) is 2. The molecule has 0 unspecified atom stereocenters. The molecule has 0 spiro atoms. The van der Waals surface area contributed by atoms with Crippen LogP contribution in [0, 0.1) is 0 Å². The van der Waals surface area contributed by atoms with Crippen LogP contribution in [0.25, 0.3) is 0 Å². The molecule has 0 N–H and O–H groups in total. The summed E-state index contributed by atoms with van der Waals surface area (Å²) in [7, 11) is 0. The first-order valence-electron chi connectivity index (χ1n) is 18.3. The van der Waals surface area contributed by atoms with Crippen LogP contribution in [0.5, 0.6) is 11.5 Å². The van der Waals surface area contributed by atoms with Crippen LogP contribution in [-0.4, -0.2) is 25.2 Å². The van der Waals surface area contributed by atoms with Gasteiger partial charge in [0, 0.05) is 22.3 Å². The van der Waals surface area contributed by atoms with Gasteiger partial charge in [-0.05, 0) is 83.4 Å². The van der Waals surface area contributed by atoms with E-state index in [1.807, 2.05) is 0 Å². The predicted molar refractivity (Wildman–Crippen MR) is 196 cm³/mol. The third-order valence-corrected chi connectivity index (χ3v) is 10.7. The summed E-state index contributed by atoms with van der Waals surface area (Å²) in [6.07, 6.45) is 7.49. The van der Waals surface area contributed by atoms with Crippen LogP contribution in [0.1, 0.15) is 191 Å². The third-order valence-electron chi connectivity index (χ3n) is 10.7. The summed E-state index contributed by atoms with van der Waals surface area (Å²) in [5.41, 5.74) is 3.86. The van der Waals surface area contributed by atoms with Crippen molar-refractivity contribution >= 4 is 11.9 Å². The minimum atomic E-state index is -1.16. The summed E-state index contributed by atoms with van der Waals surface area (Å²) in [4.78, 5) is 23.6. The summed E-state index contributed by atoms with van der Waals surface area (Å²) >= 11 is 0. The molecule has 7 heteroatoms. The number of rotatable bonds is 18. The van der Waals surface area contributed by atoms with Crippen molar-refractivity contribution in [3.8, 4) is 11.5 Å². The Labute approximate surface area is 311 Å². The normalized spacial score (nSPS) is 12.0. The molecule has 0 amide bonds. The fourth-order valence-corrected chi connectivity index (χ4v) is 5.09. The van der Waals surface area contributed by atoms with Gasteiger partial charge in [0.1, 0.15) is 11.5 Å². The van der Waals surface area contributed by atoms with Crippen molar-refractivity contribution in [1.82, 2.24) is 0 Å². The largest absolute Gasteiger partial charge is 2.00 e. The van der Waals surface area contributed by atoms with Crippen molar-refractivity contribution in [3.63, 3.8) is 0 Å². The number of ether oxygens (including phenoxy) is 2. The minimum absolute atomic E-state index is 0. The summed E-state index contributed by atoms with van der Waals surface area (Å²) in [5, 5.41) is 23.6. The van der Waals surface area contributed by atoms with Crippen molar-refractivity contribution in [2.24, 2.45) is 0 Å². The van der Waals surface area contributed by atoms with Gasteiger partial charge >= 0.3 is 19.5 Å². The van der Waals surface area contributed by atoms with Crippen LogP contribution >= 0.6 is 0 Å². The van der Waals surface area contributed by atoms with E-state index in [4.69, 9.17) is 9.47 Å². The molecular formula is C42H66O6Zn. The average molecular weight is 732 g/mol. The SMILES string of the molecule is CCCCOc1c(C(=O)[O-])cc(C(C)(C)CC)cc1C(C)(C)CC.CCCCOc1c(C(=O)[O-])cc(C(C)(C)CC)cc1C(C)(C)CC.[Zn+2]. The zero-order valence-corrected chi connectivity index (χ0v) is 36.5. The van der Waals surface area contributed by atoms with Gasteiger partial charge in [-0.3, -0.25) is 0 Å². The Bertz CT molecular complexity index is 1250. The van der Waals surface area contributed by atoms with Gasteiger partial charge in [-0.1, -0.05) is 122 Å². The molecule has 0 saturated carbocycles. The molecule has 2 aromatic rings. The van der Waals surface area contributed by atoms with Gasteiger partial charge in [0.2, 0.25) is 0 Å². The molecule has 0 atom stereocenters. The van der Waals surface area contributed by atoms with E-state index >= 15 is 0 Å². The maximum Gasteiger partial charge on any atom is 2.00 e. The van der Waals surface area contributed by atoms with E-state index < -0.39 is 11.9 Å². The number of carbonyl (C=O) groups excluding carboxylic acids is 2. The maximum absolute atomic E-state index is 11.8. The smallest absolute Gasteiger partial charge is 0.545 e. The molecule has 0 heterocycles. The first-order chi connectivity index (χ1) is 22.2. The molecule has 0 aliphatic heterocycles. The van der Waals surface area contributed by atoms with Crippen molar-refractivity contribution < 1.29 is 48.8 Å². The Morgan fingerprint density at radius 3 is 1.04 bits per heavy atom. The molecule has 0 aromatic heterocycles. The first kappa shape index (κ1) is 46.6. The minimum Gasteiger partial charge on any atom is -0.545 e. The van der Waals surface area contributed by atoms with Crippen LogP contribution < -0.4 is 19.7 Å². The zero-order chi connectivity index (χ0) is 37.1. The van der Waals surface area contributed by atoms with Gasteiger partial charge in [0.15, 0.2) is 0 Å². The molecule has 49 heavy (non-hydrogen) atoms. The van der Waals surface area contributed by atoms with Gasteiger partial charge in [0.05, 0.1) is 25.2 Å². The Hall–Kier alpha value is -2.40. The Morgan fingerprint density at radius 2 is 0.816 bits per heavy atom. The van der Waals surface area contributed by atoms with Crippen LogP contribution in [0.2, 0.25) is 0 Å². The van der Waals surface area contributed by atoms with Crippen LogP contribution in [0.3, 0.4) is 0 Å². The molecule has 0 aliphatic rings. The summed E-state index contributed by atoms with van der Waals surface area (Å²) in [6.45, 7) is 30.8. The van der Waals surface area contributed by atoms with Gasteiger partial charge in [0.25, 0.3) is 0 Å². The van der Waals surface area contributed by atoms with E-state index in [2.05, 4.69) is 109 Å². The number of hydrogen-bond acceptors (Lipinski definition) is 6. The zero-order valence-electron chi connectivity index (χ0n) is 33.5. The second-order valence-electron chi connectivity index (χ2n) is 15.7. The third kappa shape index (κ3) is 12.4. The molecule has 6 nitrogen and oxygen atoms in total. The van der Waals surface area contributed by atoms with Crippen LogP contribution in [0.15, 0.2) is 24.3 Å². The number of benzene rings is 2. The summed E-state index contributed by atoms with van der Waals surface area (Å²) in [6, 6.07) is 7.77. The molecule has 2 rings (SSSR count). The Morgan fingerprint density at radius 1 is 0.531 bits per heavy atom. The van der Waals surface area contributed by atoms with E-state index in [0.717, 1.165) is 73.6 Å². The number of carboxylic acids is 2. The van der Waals surface area contributed by atoms with Crippen molar-refractivity contribution in [2.45, 2.75) is 170 Å². The van der Waals surface area contributed by atoms with Crippen LogP contribution in [0.4, 0.5) is 0 Å². The van der Waals surface area contributed by atoms with Crippen molar-refractivity contribution in [1.29, 1.82) is 0 Å². The predicted octanol–water partition coefficient (Wildman–Crippen LogP) is 9.21. The maximum atomic E-state index is 11.8. The molecule has 272 valence electrons. The number of carbonyl (C=O) groups is 2. The van der Waals surface area contributed by atoms with E-state index in [0.29, 0.717) is 24.7 Å². The second kappa shape index (κ2) is 19.9. The second-order valence-corrected chi connectivity index (χ2v) is 15.7. The molecule has 0 aliphatic carbocycles. The number of hydrogen-bond donors (Lipinski definition) is 0. The van der Waals surface area contributed by atoms with Crippen molar-refractivity contribution in [2.75, 3.05) is 13.2 Å². The molecule has 0 fully saturated rings. The first-order valence-corrected chi connectivity index (χ1v) is 18.3. The van der Waals surface area contributed by atoms with Gasteiger partial charge in [-0.2, -0.15) is 0 Å². The molecule has 0 radical (unpaired) electrons. The monoisotopic (exact) mass is 730 g/mol. The standard InChI is InChI=1S/2C21H34O3.Zn/c2*1-8-11-12-24-18-16(19(22)23)13-15(20(4,5)9-2)14-17(18)21(6,7)10-3;/h2*13-14H,8-12H2,1-7H3,(H,22,23);/q;;+2/p-2. The van der Waals surface area contributed by atoms with Crippen molar-refractivity contribution in [3.05, 3.63) is 57.6 Å². The fourth-order valence-electron chi connectivity index (χ4n) is 5.09. The number of aromatic carboxylic acids is 2. The Kier molecular flexibility index (Phi) is 18.9. The summed E-state index contributed by atoms with van der Waals surface area (Å²) < 4.78 is 11.9. The van der Waals surface area contributed by atoms with Crippen LogP contribution in [-0.2, 0) is 41.1 Å². The topological polar surface area (TPSA) is 98.7 Å². The fraction of sp³-hybridized carbons (Fsp3) is 0.667. The average Bonchev–Trinajstić information content (AvgIpc) is 3.04. The van der Waals surface area contributed by atoms with Gasteiger partial charge < -0.3 is 29.3 Å². The van der Waals surface area contributed by atoms with E-state index in [1.165, 1.54) is 0 Å². The molecule has 2 aromatic carbocycles. The van der Waals surface area contributed by atoms with E-state index in [9.17, 15) is 19.8 Å². The summed E-state index contributed by atoms with van der Waals surface area (Å²) in [5.74, 6) is -1.34. The molecule has 0 saturated heterocycles. The van der Waals surface area contributed by atoms with E-state index in [1.54, 1.807) is 12.1 Å². The number of carboxylic acid groups (broad SMARTS) is 2. The van der Waals surface area contributed by atoms with Gasteiger partial charge in [-0.15, -0.1) is 0 Å². The quantitative estimate of drug-likeness (QED) is 0.112. The molecule has 0 bridgehead atoms. The van der Waals surface area contributed by atoms with Gasteiger partial charge in [-0.25, -0.2) is 0 Å². The Balaban J connectivity index is 0.000000922. The van der Waals surface area contributed by atoms with E-state index in [-0.39, 0.29) is 52.3 Å².